The molecule has 3 atom stereocenters. The van der Waals surface area contributed by atoms with Gasteiger partial charge in [0.25, 0.3) is 11.8 Å². The van der Waals surface area contributed by atoms with E-state index in [9.17, 15) is 14.4 Å². The van der Waals surface area contributed by atoms with E-state index in [-0.39, 0.29) is 17.7 Å². The van der Waals surface area contributed by atoms with Crippen molar-refractivity contribution in [3.63, 3.8) is 0 Å². The number of benzene rings is 1. The molecule has 5 nitrogen and oxygen atoms in total. The molecule has 2 aliphatic heterocycles. The molecule has 1 aromatic rings. The Bertz CT molecular complexity index is 840. The number of halogens is 1. The molecule has 0 radical (unpaired) electrons. The Morgan fingerprint density at radius 2 is 1.70 bits per heavy atom. The number of nitrogens with zero attached hydrogens (tertiary/aromatic N) is 2. The van der Waals surface area contributed by atoms with Crippen molar-refractivity contribution < 1.29 is 14.4 Å². The number of hydrogen-bond acceptors (Lipinski definition) is 3. The first kappa shape index (κ1) is 21.8. The molecular weight excluding hydrogens is 491 g/mol. The molecule has 2 heterocycles. The van der Waals surface area contributed by atoms with Gasteiger partial charge in [0.15, 0.2) is 0 Å². The van der Waals surface area contributed by atoms with Crippen molar-refractivity contribution in [3.8, 4) is 0 Å². The van der Waals surface area contributed by atoms with Crippen LogP contribution in [0.1, 0.15) is 98.5 Å². The van der Waals surface area contributed by atoms with Gasteiger partial charge in [-0.2, -0.15) is 0 Å². The summed E-state index contributed by atoms with van der Waals surface area (Å²) in [6, 6.07) is 5.80. The molecule has 4 rings (SSSR count). The average Bonchev–Trinajstić information content (AvgIpc) is 3.06. The molecule has 3 amide bonds. The Labute approximate surface area is 193 Å². The number of hydrogen-bond donors (Lipinski definition) is 0. The molecule has 0 N–H and O–H groups in total. The molecule has 3 aliphatic rings. The molecular formula is C24H31IN2O3. The Morgan fingerprint density at radius 1 is 0.967 bits per heavy atom. The molecule has 1 saturated heterocycles. The zero-order chi connectivity index (χ0) is 21.3. The highest BCUT2D eigenvalue weighted by molar-refractivity contribution is 14.1. The lowest BCUT2D eigenvalue weighted by Gasteiger charge is -2.32. The Kier molecular flexibility index (Phi) is 6.80. The molecule has 0 spiro atoms. The van der Waals surface area contributed by atoms with Crippen LogP contribution in [0.2, 0.25) is 0 Å². The predicted molar refractivity (Wildman–Crippen MR) is 124 cm³/mol. The normalized spacial score (nSPS) is 28.6. The minimum atomic E-state index is -0.531. The molecule has 2 fully saturated rings. The quantitative estimate of drug-likeness (QED) is 0.299. The number of imide groups is 1. The van der Waals surface area contributed by atoms with Gasteiger partial charge in [0.2, 0.25) is 5.91 Å². The maximum atomic E-state index is 13.0. The molecule has 0 bridgehead atoms. The summed E-state index contributed by atoms with van der Waals surface area (Å²) in [5.41, 5.74) is 3.10. The highest BCUT2D eigenvalue weighted by Gasteiger charge is 2.42. The van der Waals surface area contributed by atoms with Gasteiger partial charge in [-0.3, -0.25) is 14.4 Å². The van der Waals surface area contributed by atoms with E-state index in [4.69, 9.17) is 0 Å². The summed E-state index contributed by atoms with van der Waals surface area (Å²) in [6.45, 7) is 2.85. The van der Waals surface area contributed by atoms with Crippen molar-refractivity contribution in [1.29, 1.82) is 0 Å². The van der Waals surface area contributed by atoms with E-state index in [0.29, 0.717) is 25.3 Å². The molecule has 30 heavy (non-hydrogen) atoms. The minimum absolute atomic E-state index is 0.0756. The Balaban J connectivity index is 1.52. The monoisotopic (exact) mass is 522 g/mol. The van der Waals surface area contributed by atoms with Crippen LogP contribution in [0.5, 0.6) is 0 Å². The van der Waals surface area contributed by atoms with Crippen LogP contribution in [-0.2, 0) is 16.1 Å². The Hall–Kier alpha value is -1.44. The number of rotatable bonds is 2. The van der Waals surface area contributed by atoms with Gasteiger partial charge in [-0.1, -0.05) is 57.6 Å². The summed E-state index contributed by atoms with van der Waals surface area (Å²) in [7, 11) is 0. The zero-order valence-electron chi connectivity index (χ0n) is 17.7. The first-order chi connectivity index (χ1) is 14.5. The number of carbonyl (C=O) groups excluding carboxylic acids is 3. The van der Waals surface area contributed by atoms with Gasteiger partial charge in [0.1, 0.15) is 6.04 Å². The lowest BCUT2D eigenvalue weighted by atomic mass is 9.82. The first-order valence-electron chi connectivity index (χ1n) is 11.4. The topological polar surface area (TPSA) is 57.7 Å². The highest BCUT2D eigenvalue weighted by atomic mass is 127. The third-order valence-electron chi connectivity index (χ3n) is 7.07. The smallest absolute Gasteiger partial charge is 0.260 e. The van der Waals surface area contributed by atoms with Gasteiger partial charge in [-0.15, -0.1) is 0 Å². The van der Waals surface area contributed by atoms with E-state index >= 15 is 0 Å². The second-order valence-corrected chi connectivity index (χ2v) is 10.3. The van der Waals surface area contributed by atoms with Crippen molar-refractivity contribution in [2.45, 2.75) is 89.6 Å². The molecule has 1 aromatic carbocycles. The van der Waals surface area contributed by atoms with E-state index in [1.54, 1.807) is 27.8 Å². The van der Waals surface area contributed by atoms with Crippen LogP contribution in [0.3, 0.4) is 0 Å². The summed E-state index contributed by atoms with van der Waals surface area (Å²) in [6.07, 6.45) is 11.1. The lowest BCUT2D eigenvalue weighted by molar-refractivity contribution is -0.143. The first-order valence-corrected chi connectivity index (χ1v) is 12.4. The van der Waals surface area contributed by atoms with E-state index in [1.165, 1.54) is 56.9 Å². The van der Waals surface area contributed by atoms with Crippen LogP contribution in [0.25, 0.3) is 0 Å². The molecule has 1 aliphatic carbocycles. The standard InChI is InChI=1S/C24H31IN2O3/c1-16-7-5-3-2-4-6-8-17(13-16)18-9-10-20-19(14-18)15-26(23(20)29)21-11-12-22(28)27(25)24(21)30/h9-10,14,16-17,21H,2-8,11-13,15H2,1H3. The van der Waals surface area contributed by atoms with Crippen LogP contribution in [0, 0.1) is 5.92 Å². The van der Waals surface area contributed by atoms with Crippen LogP contribution < -0.4 is 0 Å². The van der Waals surface area contributed by atoms with Gasteiger partial charge in [-0.05, 0) is 48.3 Å². The zero-order valence-corrected chi connectivity index (χ0v) is 19.9. The molecule has 6 heteroatoms. The summed E-state index contributed by atoms with van der Waals surface area (Å²) in [5, 5.41) is 0. The number of piperidine rings is 1. The fraction of sp³-hybridized carbons (Fsp3) is 0.625. The number of carbonyl (C=O) groups is 3. The Morgan fingerprint density at radius 3 is 2.50 bits per heavy atom. The number of amides is 3. The maximum Gasteiger partial charge on any atom is 0.260 e. The van der Waals surface area contributed by atoms with Gasteiger partial charge in [0.05, 0.1) is 22.9 Å². The van der Waals surface area contributed by atoms with E-state index in [1.807, 2.05) is 6.07 Å². The second kappa shape index (κ2) is 9.37. The van der Waals surface area contributed by atoms with E-state index < -0.39 is 6.04 Å². The van der Waals surface area contributed by atoms with Crippen LogP contribution in [-0.4, -0.2) is 31.8 Å². The molecule has 1 saturated carbocycles. The van der Waals surface area contributed by atoms with Crippen molar-refractivity contribution in [3.05, 3.63) is 34.9 Å². The predicted octanol–water partition coefficient (Wildman–Crippen LogP) is 5.36. The SMILES string of the molecule is CC1CCCCCCCC(c2ccc3c(c2)CN(C2CCC(=O)N(I)C2=O)C3=O)C1. The summed E-state index contributed by atoms with van der Waals surface area (Å²) < 4.78 is 1.15. The van der Waals surface area contributed by atoms with E-state index in [0.717, 1.165) is 20.2 Å². The molecule has 162 valence electrons. The van der Waals surface area contributed by atoms with Crippen molar-refractivity contribution >= 4 is 40.6 Å². The third kappa shape index (κ3) is 4.43. The second-order valence-electron chi connectivity index (χ2n) is 9.30. The van der Waals surface area contributed by atoms with Crippen molar-refractivity contribution in [2.75, 3.05) is 0 Å². The molecule has 3 unspecified atom stereocenters. The van der Waals surface area contributed by atoms with Crippen LogP contribution >= 0.6 is 22.9 Å². The third-order valence-corrected chi connectivity index (χ3v) is 8.09. The van der Waals surface area contributed by atoms with Gasteiger partial charge < -0.3 is 4.90 Å². The lowest BCUT2D eigenvalue weighted by Crippen LogP contribution is -2.51. The van der Waals surface area contributed by atoms with Crippen LogP contribution in [0.15, 0.2) is 18.2 Å². The fourth-order valence-electron chi connectivity index (χ4n) is 5.33. The van der Waals surface area contributed by atoms with Gasteiger partial charge >= 0.3 is 0 Å². The summed E-state index contributed by atoms with van der Waals surface area (Å²) >= 11 is 1.76. The minimum Gasteiger partial charge on any atom is -0.322 e. The van der Waals surface area contributed by atoms with Crippen molar-refractivity contribution in [1.82, 2.24) is 8.01 Å². The van der Waals surface area contributed by atoms with Gasteiger partial charge in [0, 0.05) is 18.5 Å². The van der Waals surface area contributed by atoms with Crippen molar-refractivity contribution in [2.24, 2.45) is 5.92 Å². The average molecular weight is 522 g/mol. The summed E-state index contributed by atoms with van der Waals surface area (Å²) in [4.78, 5) is 39.1. The molecule has 0 aromatic heterocycles. The summed E-state index contributed by atoms with van der Waals surface area (Å²) in [5.74, 6) is 0.758. The highest BCUT2D eigenvalue weighted by Crippen LogP contribution is 2.36. The largest absolute Gasteiger partial charge is 0.322 e. The maximum absolute atomic E-state index is 13.0. The van der Waals surface area contributed by atoms with E-state index in [2.05, 4.69) is 19.1 Å². The fourth-order valence-corrected chi connectivity index (χ4v) is 5.89. The number of fused-ring (bicyclic) bond motifs is 1. The van der Waals surface area contributed by atoms with Crippen LogP contribution in [0.4, 0.5) is 0 Å². The van der Waals surface area contributed by atoms with Gasteiger partial charge in [-0.25, -0.2) is 3.11 Å².